The van der Waals surface area contributed by atoms with E-state index in [1.807, 2.05) is 17.5 Å². The molecule has 0 fully saturated rings. The normalized spacial score (nSPS) is 10.3. The average Bonchev–Trinajstić information content (AvgIpc) is 2.91. The van der Waals surface area contributed by atoms with Gasteiger partial charge in [-0.1, -0.05) is 17.7 Å². The van der Waals surface area contributed by atoms with Crippen LogP contribution in [0.15, 0.2) is 35.7 Å². The van der Waals surface area contributed by atoms with Gasteiger partial charge in [0.25, 0.3) is 0 Å². The summed E-state index contributed by atoms with van der Waals surface area (Å²) in [6.45, 7) is 0. The summed E-state index contributed by atoms with van der Waals surface area (Å²) in [5.74, 6) is -1.23. The number of amides is 1. The Labute approximate surface area is 131 Å². The SMILES string of the molecule is O=C(CCCc1cccs1)Nc1cc(Cl)cc(C(=O)O)c1. The minimum absolute atomic E-state index is 0.0522. The second kappa shape index (κ2) is 7.24. The van der Waals surface area contributed by atoms with Gasteiger partial charge in [-0.15, -0.1) is 11.3 Å². The van der Waals surface area contributed by atoms with Gasteiger partial charge in [0.2, 0.25) is 5.91 Å². The topological polar surface area (TPSA) is 66.4 Å². The van der Waals surface area contributed by atoms with Crippen LogP contribution in [0.4, 0.5) is 5.69 Å². The highest BCUT2D eigenvalue weighted by Gasteiger charge is 2.09. The number of aromatic carboxylic acids is 1. The zero-order valence-electron chi connectivity index (χ0n) is 11.1. The maximum Gasteiger partial charge on any atom is 0.335 e. The molecule has 1 aromatic carbocycles. The van der Waals surface area contributed by atoms with Crippen molar-refractivity contribution in [3.05, 3.63) is 51.2 Å². The first-order chi connectivity index (χ1) is 10.0. The molecule has 0 saturated carbocycles. The van der Waals surface area contributed by atoms with E-state index >= 15 is 0 Å². The zero-order chi connectivity index (χ0) is 15.2. The van der Waals surface area contributed by atoms with Gasteiger partial charge in [0, 0.05) is 22.0 Å². The van der Waals surface area contributed by atoms with E-state index < -0.39 is 5.97 Å². The maximum atomic E-state index is 11.8. The van der Waals surface area contributed by atoms with Crippen LogP contribution >= 0.6 is 22.9 Å². The molecule has 0 aliphatic heterocycles. The Kier molecular flexibility index (Phi) is 5.36. The molecule has 6 heteroatoms. The highest BCUT2D eigenvalue weighted by Crippen LogP contribution is 2.20. The van der Waals surface area contributed by atoms with Crippen molar-refractivity contribution in [3.8, 4) is 0 Å². The van der Waals surface area contributed by atoms with E-state index in [0.29, 0.717) is 12.1 Å². The number of anilines is 1. The average molecular weight is 324 g/mol. The lowest BCUT2D eigenvalue weighted by molar-refractivity contribution is -0.116. The van der Waals surface area contributed by atoms with Crippen molar-refractivity contribution in [3.63, 3.8) is 0 Å². The quantitative estimate of drug-likeness (QED) is 0.842. The van der Waals surface area contributed by atoms with E-state index in [0.717, 1.165) is 12.8 Å². The van der Waals surface area contributed by atoms with Gasteiger partial charge < -0.3 is 10.4 Å². The molecule has 4 nitrogen and oxygen atoms in total. The van der Waals surface area contributed by atoms with Crippen LogP contribution in [0.3, 0.4) is 0 Å². The first-order valence-electron chi connectivity index (χ1n) is 6.41. The van der Waals surface area contributed by atoms with Gasteiger partial charge in [0.15, 0.2) is 0 Å². The fraction of sp³-hybridized carbons (Fsp3) is 0.200. The molecule has 0 atom stereocenters. The summed E-state index contributed by atoms with van der Waals surface area (Å²) in [5, 5.41) is 13.9. The summed E-state index contributed by atoms with van der Waals surface area (Å²) >= 11 is 7.51. The van der Waals surface area contributed by atoms with E-state index in [1.165, 1.54) is 23.1 Å². The summed E-state index contributed by atoms with van der Waals surface area (Å²) in [5.41, 5.74) is 0.456. The third-order valence-electron chi connectivity index (χ3n) is 2.84. The van der Waals surface area contributed by atoms with Crippen molar-refractivity contribution in [1.82, 2.24) is 0 Å². The molecule has 0 unspecified atom stereocenters. The third-order valence-corrected chi connectivity index (χ3v) is 3.99. The van der Waals surface area contributed by atoms with Crippen molar-refractivity contribution >= 4 is 40.5 Å². The van der Waals surface area contributed by atoms with E-state index in [4.69, 9.17) is 16.7 Å². The van der Waals surface area contributed by atoms with E-state index in [9.17, 15) is 9.59 Å². The van der Waals surface area contributed by atoms with Crippen LogP contribution in [0.25, 0.3) is 0 Å². The van der Waals surface area contributed by atoms with Crippen LogP contribution in [0, 0.1) is 0 Å². The van der Waals surface area contributed by atoms with Gasteiger partial charge in [-0.05, 0) is 42.5 Å². The third kappa shape index (κ3) is 4.88. The molecule has 1 amide bonds. The van der Waals surface area contributed by atoms with Gasteiger partial charge in [0.1, 0.15) is 0 Å². The number of carboxylic acids is 1. The molecule has 2 rings (SSSR count). The van der Waals surface area contributed by atoms with Crippen molar-refractivity contribution in [2.75, 3.05) is 5.32 Å². The fourth-order valence-electron chi connectivity index (χ4n) is 1.89. The second-order valence-corrected chi connectivity index (χ2v) is 5.98. The molecule has 0 aliphatic rings. The van der Waals surface area contributed by atoms with Gasteiger partial charge in [-0.25, -0.2) is 4.79 Å². The summed E-state index contributed by atoms with van der Waals surface area (Å²) in [4.78, 5) is 24.0. The molecule has 21 heavy (non-hydrogen) atoms. The minimum atomic E-state index is -1.08. The molecule has 0 bridgehead atoms. The number of carbonyl (C=O) groups is 2. The predicted octanol–water partition coefficient (Wildman–Crippen LogP) is 4.06. The number of benzene rings is 1. The van der Waals surface area contributed by atoms with Crippen LogP contribution in [-0.2, 0) is 11.2 Å². The Bertz CT molecular complexity index is 640. The number of hydrogen-bond donors (Lipinski definition) is 2. The van der Waals surface area contributed by atoms with E-state index in [2.05, 4.69) is 5.32 Å². The van der Waals surface area contributed by atoms with Gasteiger partial charge >= 0.3 is 5.97 Å². The predicted molar refractivity (Wildman–Crippen MR) is 84.3 cm³/mol. The number of carbonyl (C=O) groups excluding carboxylic acids is 1. The highest BCUT2D eigenvalue weighted by molar-refractivity contribution is 7.09. The monoisotopic (exact) mass is 323 g/mol. The summed E-state index contributed by atoms with van der Waals surface area (Å²) < 4.78 is 0. The van der Waals surface area contributed by atoms with Crippen LogP contribution < -0.4 is 5.32 Å². The van der Waals surface area contributed by atoms with Crippen LogP contribution in [0.2, 0.25) is 5.02 Å². The van der Waals surface area contributed by atoms with Gasteiger partial charge in [-0.2, -0.15) is 0 Å². The molecule has 0 saturated heterocycles. The van der Waals surface area contributed by atoms with Crippen molar-refractivity contribution in [1.29, 1.82) is 0 Å². The maximum absolute atomic E-state index is 11.8. The molecular formula is C15H14ClNO3S. The lowest BCUT2D eigenvalue weighted by Gasteiger charge is -2.07. The van der Waals surface area contributed by atoms with Crippen molar-refractivity contribution < 1.29 is 14.7 Å². The number of aryl methyl sites for hydroxylation is 1. The number of nitrogens with one attached hydrogen (secondary N) is 1. The smallest absolute Gasteiger partial charge is 0.335 e. The molecule has 110 valence electrons. The molecular weight excluding hydrogens is 310 g/mol. The number of carboxylic acid groups (broad SMARTS) is 1. The number of rotatable bonds is 6. The van der Waals surface area contributed by atoms with Crippen molar-refractivity contribution in [2.45, 2.75) is 19.3 Å². The first-order valence-corrected chi connectivity index (χ1v) is 7.66. The van der Waals surface area contributed by atoms with Crippen LogP contribution in [-0.4, -0.2) is 17.0 Å². The lowest BCUT2D eigenvalue weighted by atomic mass is 10.2. The molecule has 2 aromatic rings. The molecule has 2 N–H and O–H groups in total. The molecule has 0 spiro atoms. The Morgan fingerprint density at radius 3 is 2.76 bits per heavy atom. The molecule has 0 radical (unpaired) electrons. The molecule has 1 heterocycles. The Hall–Kier alpha value is -1.85. The largest absolute Gasteiger partial charge is 0.478 e. The fourth-order valence-corrected chi connectivity index (χ4v) is 2.87. The Morgan fingerprint density at radius 1 is 1.29 bits per heavy atom. The second-order valence-electron chi connectivity index (χ2n) is 4.51. The van der Waals surface area contributed by atoms with Crippen LogP contribution in [0.1, 0.15) is 28.1 Å². The lowest BCUT2D eigenvalue weighted by Crippen LogP contribution is -2.12. The Balaban J connectivity index is 1.88. The van der Waals surface area contributed by atoms with E-state index in [-0.39, 0.29) is 16.5 Å². The zero-order valence-corrected chi connectivity index (χ0v) is 12.7. The minimum Gasteiger partial charge on any atom is -0.478 e. The summed E-state index contributed by atoms with van der Waals surface area (Å²) in [7, 11) is 0. The van der Waals surface area contributed by atoms with Crippen molar-refractivity contribution in [2.24, 2.45) is 0 Å². The number of hydrogen-bond acceptors (Lipinski definition) is 3. The van der Waals surface area contributed by atoms with Crippen LogP contribution in [0.5, 0.6) is 0 Å². The molecule has 1 aromatic heterocycles. The summed E-state index contributed by atoms with van der Waals surface area (Å²) in [6.07, 6.45) is 1.99. The van der Waals surface area contributed by atoms with Gasteiger partial charge in [-0.3, -0.25) is 4.79 Å². The van der Waals surface area contributed by atoms with Gasteiger partial charge in [0.05, 0.1) is 5.56 Å². The Morgan fingerprint density at radius 2 is 2.10 bits per heavy atom. The molecule has 0 aliphatic carbocycles. The summed E-state index contributed by atoms with van der Waals surface area (Å²) in [6, 6.07) is 8.30. The highest BCUT2D eigenvalue weighted by atomic mass is 35.5. The van der Waals surface area contributed by atoms with E-state index in [1.54, 1.807) is 11.3 Å². The number of halogens is 1. The first kappa shape index (κ1) is 15.5. The standard InChI is InChI=1S/C15H14ClNO3S/c16-11-7-10(15(19)20)8-12(9-11)17-14(18)5-1-3-13-4-2-6-21-13/h2,4,6-9H,1,3,5H2,(H,17,18)(H,19,20). The number of thiophene rings is 1.